The summed E-state index contributed by atoms with van der Waals surface area (Å²) in [6.45, 7) is 1.81. The third-order valence-electron chi connectivity index (χ3n) is 3.98. The van der Waals surface area contributed by atoms with Gasteiger partial charge >= 0.3 is 5.76 Å². The number of hydrogen-bond acceptors (Lipinski definition) is 4. The lowest BCUT2D eigenvalue weighted by molar-refractivity contribution is -0.121. The Balaban J connectivity index is 1.65. The Bertz CT molecular complexity index is 977. The number of carbonyl (C=O) groups is 1. The van der Waals surface area contributed by atoms with Crippen LogP contribution in [-0.2, 0) is 18.4 Å². The Kier molecular flexibility index (Phi) is 4.56. The van der Waals surface area contributed by atoms with Gasteiger partial charge in [0.1, 0.15) is 11.9 Å². The van der Waals surface area contributed by atoms with Crippen molar-refractivity contribution in [2.75, 3.05) is 5.32 Å². The number of aromatic nitrogens is 1. The first-order valence-electron chi connectivity index (χ1n) is 7.83. The topological polar surface area (TPSA) is 76.3 Å². The normalized spacial score (nSPS) is 12.1. The van der Waals surface area contributed by atoms with E-state index in [4.69, 9.17) is 4.42 Å². The van der Waals surface area contributed by atoms with E-state index in [1.165, 1.54) is 10.6 Å². The van der Waals surface area contributed by atoms with Gasteiger partial charge in [0.25, 0.3) is 0 Å². The number of oxazole rings is 1. The van der Waals surface area contributed by atoms with Crippen LogP contribution in [0.5, 0.6) is 0 Å². The van der Waals surface area contributed by atoms with E-state index in [-0.39, 0.29) is 18.3 Å². The molecule has 0 spiro atoms. The van der Waals surface area contributed by atoms with E-state index in [2.05, 4.69) is 10.6 Å². The molecule has 2 aromatic carbocycles. The fourth-order valence-electron chi connectivity index (χ4n) is 2.52. The Morgan fingerprint density at radius 2 is 2.04 bits per heavy atom. The van der Waals surface area contributed by atoms with Crippen LogP contribution in [0.25, 0.3) is 11.1 Å². The highest BCUT2D eigenvalue weighted by Gasteiger charge is 2.14. The van der Waals surface area contributed by atoms with Crippen molar-refractivity contribution >= 4 is 22.7 Å². The number of halogens is 1. The summed E-state index contributed by atoms with van der Waals surface area (Å²) in [4.78, 5) is 23.7. The number of nitrogens with zero attached hydrogens (tertiary/aromatic N) is 1. The number of anilines is 1. The minimum Gasteiger partial charge on any atom is -0.408 e. The van der Waals surface area contributed by atoms with Crippen molar-refractivity contribution in [3.63, 3.8) is 0 Å². The summed E-state index contributed by atoms with van der Waals surface area (Å²) in [5, 5.41) is 5.73. The second-order valence-corrected chi connectivity index (χ2v) is 5.78. The average molecular weight is 343 g/mol. The van der Waals surface area contributed by atoms with Crippen LogP contribution in [0.4, 0.5) is 10.1 Å². The molecule has 1 unspecified atom stereocenters. The first-order valence-corrected chi connectivity index (χ1v) is 7.83. The summed E-state index contributed by atoms with van der Waals surface area (Å²) in [6.07, 6.45) is 0. The van der Waals surface area contributed by atoms with Crippen LogP contribution in [-0.4, -0.2) is 16.5 Å². The molecule has 0 aliphatic rings. The Labute approximate surface area is 143 Å². The lowest BCUT2D eigenvalue weighted by Crippen LogP contribution is -2.37. The highest BCUT2D eigenvalue weighted by molar-refractivity contribution is 5.85. The van der Waals surface area contributed by atoms with Gasteiger partial charge in [-0.2, -0.15) is 0 Å². The molecular formula is C18H18FN3O3. The van der Waals surface area contributed by atoms with E-state index >= 15 is 0 Å². The molecule has 0 saturated carbocycles. The SMILES string of the molecule is CC(Nc1ccc2c(c1)oc(=O)n2C)C(=O)NCc1ccccc1F. The number of fused-ring (bicyclic) bond motifs is 1. The van der Waals surface area contributed by atoms with Crippen molar-refractivity contribution in [1.82, 2.24) is 9.88 Å². The van der Waals surface area contributed by atoms with Gasteiger partial charge in [-0.05, 0) is 25.1 Å². The lowest BCUT2D eigenvalue weighted by atomic mass is 10.2. The summed E-state index contributed by atoms with van der Waals surface area (Å²) in [5.74, 6) is -1.06. The van der Waals surface area contributed by atoms with Crippen molar-refractivity contribution in [2.45, 2.75) is 19.5 Å². The number of aryl methyl sites for hydroxylation is 1. The van der Waals surface area contributed by atoms with Crippen LogP contribution in [0.1, 0.15) is 12.5 Å². The molecule has 1 heterocycles. The molecular weight excluding hydrogens is 325 g/mol. The Morgan fingerprint density at radius 1 is 1.28 bits per heavy atom. The van der Waals surface area contributed by atoms with E-state index in [1.807, 2.05) is 0 Å². The fourth-order valence-corrected chi connectivity index (χ4v) is 2.52. The minimum atomic E-state index is -0.542. The van der Waals surface area contributed by atoms with Gasteiger partial charge in [-0.3, -0.25) is 9.36 Å². The van der Waals surface area contributed by atoms with Gasteiger partial charge in [-0.25, -0.2) is 9.18 Å². The number of benzene rings is 2. The molecule has 0 bridgehead atoms. The molecule has 0 aliphatic heterocycles. The molecule has 25 heavy (non-hydrogen) atoms. The van der Waals surface area contributed by atoms with Crippen molar-refractivity contribution in [1.29, 1.82) is 0 Å². The third-order valence-corrected chi connectivity index (χ3v) is 3.98. The molecule has 6 nitrogen and oxygen atoms in total. The van der Waals surface area contributed by atoms with E-state index in [1.54, 1.807) is 50.4 Å². The molecule has 7 heteroatoms. The summed E-state index contributed by atoms with van der Waals surface area (Å²) in [6, 6.07) is 10.9. The van der Waals surface area contributed by atoms with Crippen LogP contribution < -0.4 is 16.4 Å². The van der Waals surface area contributed by atoms with Gasteiger partial charge in [-0.15, -0.1) is 0 Å². The zero-order chi connectivity index (χ0) is 18.0. The van der Waals surface area contributed by atoms with Crippen molar-refractivity contribution in [2.24, 2.45) is 7.05 Å². The van der Waals surface area contributed by atoms with E-state index in [0.717, 1.165) is 0 Å². The monoisotopic (exact) mass is 343 g/mol. The third kappa shape index (κ3) is 3.55. The van der Waals surface area contributed by atoms with Gasteiger partial charge in [0.05, 0.1) is 5.52 Å². The van der Waals surface area contributed by atoms with E-state index < -0.39 is 11.8 Å². The highest BCUT2D eigenvalue weighted by atomic mass is 19.1. The summed E-state index contributed by atoms with van der Waals surface area (Å²) < 4.78 is 20.1. The van der Waals surface area contributed by atoms with Gasteiger partial charge < -0.3 is 15.1 Å². The first-order chi connectivity index (χ1) is 12.0. The highest BCUT2D eigenvalue weighted by Crippen LogP contribution is 2.18. The molecule has 1 amide bonds. The summed E-state index contributed by atoms with van der Waals surface area (Å²) in [7, 11) is 1.63. The molecule has 0 fully saturated rings. The lowest BCUT2D eigenvalue weighted by Gasteiger charge is -2.15. The van der Waals surface area contributed by atoms with Crippen LogP contribution in [0.15, 0.2) is 51.7 Å². The van der Waals surface area contributed by atoms with Gasteiger partial charge in [-0.1, -0.05) is 18.2 Å². The molecule has 3 rings (SSSR count). The van der Waals surface area contributed by atoms with Crippen LogP contribution in [0, 0.1) is 5.82 Å². The predicted octanol–water partition coefficient (Wildman–Crippen LogP) is 2.39. The summed E-state index contributed by atoms with van der Waals surface area (Å²) in [5.41, 5.74) is 2.19. The molecule has 0 aliphatic carbocycles. The average Bonchev–Trinajstić information content (AvgIpc) is 2.87. The van der Waals surface area contributed by atoms with Gasteiger partial charge in [0, 0.05) is 30.9 Å². The van der Waals surface area contributed by atoms with Gasteiger partial charge in [0.15, 0.2) is 5.58 Å². The molecule has 1 atom stereocenters. The number of carbonyl (C=O) groups excluding carboxylic acids is 1. The fraction of sp³-hybridized carbons (Fsp3) is 0.222. The standard InChI is InChI=1S/C18H18FN3O3/c1-11(17(23)20-10-12-5-3-4-6-14(12)19)21-13-7-8-15-16(9-13)25-18(24)22(15)2/h3-9,11,21H,10H2,1-2H3,(H,20,23). The maximum Gasteiger partial charge on any atom is 0.419 e. The van der Waals surface area contributed by atoms with Crippen LogP contribution in [0.3, 0.4) is 0 Å². The Hall–Kier alpha value is -3.09. The van der Waals surface area contributed by atoms with Crippen molar-refractivity contribution in [3.05, 3.63) is 64.4 Å². The maximum absolute atomic E-state index is 13.6. The second kappa shape index (κ2) is 6.80. The minimum absolute atomic E-state index is 0.115. The summed E-state index contributed by atoms with van der Waals surface area (Å²) >= 11 is 0. The zero-order valence-electron chi connectivity index (χ0n) is 13.9. The van der Waals surface area contributed by atoms with E-state index in [0.29, 0.717) is 22.4 Å². The molecule has 1 aromatic heterocycles. The van der Waals surface area contributed by atoms with Crippen molar-refractivity contribution < 1.29 is 13.6 Å². The second-order valence-electron chi connectivity index (χ2n) is 5.78. The van der Waals surface area contributed by atoms with E-state index in [9.17, 15) is 14.0 Å². The zero-order valence-corrected chi connectivity index (χ0v) is 13.9. The quantitative estimate of drug-likeness (QED) is 0.746. The molecule has 3 aromatic rings. The van der Waals surface area contributed by atoms with Crippen LogP contribution in [0.2, 0.25) is 0 Å². The maximum atomic E-state index is 13.6. The first kappa shape index (κ1) is 16.8. The molecule has 0 saturated heterocycles. The number of nitrogens with one attached hydrogen (secondary N) is 2. The molecule has 0 radical (unpaired) electrons. The number of rotatable bonds is 5. The van der Waals surface area contributed by atoms with Crippen LogP contribution >= 0.6 is 0 Å². The molecule has 2 N–H and O–H groups in total. The van der Waals surface area contributed by atoms with Crippen molar-refractivity contribution in [3.8, 4) is 0 Å². The largest absolute Gasteiger partial charge is 0.419 e. The number of hydrogen-bond donors (Lipinski definition) is 2. The number of amides is 1. The predicted molar refractivity (Wildman–Crippen MR) is 92.8 cm³/mol. The van der Waals surface area contributed by atoms with Gasteiger partial charge in [0.2, 0.25) is 5.91 Å². The Morgan fingerprint density at radius 3 is 2.80 bits per heavy atom. The molecule has 130 valence electrons. The smallest absolute Gasteiger partial charge is 0.408 e.